The predicted molar refractivity (Wildman–Crippen MR) is 69.8 cm³/mol. The second kappa shape index (κ2) is 5.01. The lowest BCUT2D eigenvalue weighted by Gasteiger charge is -2.09. The topological polar surface area (TPSA) is 98.0 Å². The van der Waals surface area contributed by atoms with Crippen LogP contribution in [-0.4, -0.2) is 18.0 Å². The molecule has 0 radical (unpaired) electrons. The molecule has 0 aliphatic carbocycles. The first kappa shape index (κ1) is 12.9. The van der Waals surface area contributed by atoms with E-state index in [9.17, 15) is 8.42 Å². The molecule has 0 amide bonds. The molecule has 0 spiro atoms. The molecule has 0 saturated heterocycles. The van der Waals surface area contributed by atoms with Crippen molar-refractivity contribution in [1.29, 1.82) is 0 Å². The van der Waals surface area contributed by atoms with Crippen molar-refractivity contribution in [3.63, 3.8) is 0 Å². The number of nitrogens with one attached hydrogen (secondary N) is 1. The minimum atomic E-state index is -3.61. The Morgan fingerprint density at radius 3 is 2.83 bits per heavy atom. The third-order valence-corrected chi connectivity index (χ3v) is 4.36. The van der Waals surface area contributed by atoms with Gasteiger partial charge in [-0.05, 0) is 24.6 Å². The van der Waals surface area contributed by atoms with Gasteiger partial charge >= 0.3 is 0 Å². The van der Waals surface area contributed by atoms with Crippen molar-refractivity contribution in [2.75, 3.05) is 4.72 Å². The zero-order chi connectivity index (χ0) is 13.2. The number of hydrogen-bond donors (Lipinski definition) is 2. The SMILES string of the molecule is CC(N)c1cccc(S(=O)(=O)Nc2cnns2)c1. The monoisotopic (exact) mass is 284 g/mol. The van der Waals surface area contributed by atoms with E-state index < -0.39 is 10.0 Å². The maximum absolute atomic E-state index is 12.1. The van der Waals surface area contributed by atoms with Crippen molar-refractivity contribution < 1.29 is 8.42 Å². The second-order valence-electron chi connectivity index (χ2n) is 3.75. The molecular formula is C10H12N4O2S2. The molecule has 96 valence electrons. The lowest BCUT2D eigenvalue weighted by molar-refractivity contribution is 0.601. The Hall–Kier alpha value is -1.51. The Bertz CT molecular complexity index is 623. The maximum Gasteiger partial charge on any atom is 0.262 e. The summed E-state index contributed by atoms with van der Waals surface area (Å²) in [4.78, 5) is 0.172. The minimum Gasteiger partial charge on any atom is -0.324 e. The smallest absolute Gasteiger partial charge is 0.262 e. The van der Waals surface area contributed by atoms with E-state index in [1.165, 1.54) is 12.3 Å². The van der Waals surface area contributed by atoms with Crippen molar-refractivity contribution in [3.05, 3.63) is 36.0 Å². The molecule has 2 rings (SSSR count). The fourth-order valence-electron chi connectivity index (χ4n) is 1.37. The Morgan fingerprint density at radius 1 is 1.44 bits per heavy atom. The van der Waals surface area contributed by atoms with Gasteiger partial charge in [-0.1, -0.05) is 16.6 Å². The third-order valence-electron chi connectivity index (χ3n) is 2.29. The van der Waals surface area contributed by atoms with Gasteiger partial charge in [-0.15, -0.1) is 5.10 Å². The molecule has 0 fully saturated rings. The van der Waals surface area contributed by atoms with Crippen LogP contribution in [0.4, 0.5) is 5.00 Å². The molecule has 6 nitrogen and oxygen atoms in total. The molecule has 1 heterocycles. The van der Waals surface area contributed by atoms with Gasteiger partial charge in [0, 0.05) is 17.6 Å². The third kappa shape index (κ3) is 2.84. The summed E-state index contributed by atoms with van der Waals surface area (Å²) in [5, 5.41) is 3.94. The van der Waals surface area contributed by atoms with E-state index in [-0.39, 0.29) is 10.9 Å². The fraction of sp³-hybridized carbons (Fsp3) is 0.200. The minimum absolute atomic E-state index is 0.172. The molecule has 0 bridgehead atoms. The highest BCUT2D eigenvalue weighted by Gasteiger charge is 2.16. The van der Waals surface area contributed by atoms with Crippen LogP contribution in [0.5, 0.6) is 0 Å². The van der Waals surface area contributed by atoms with Gasteiger partial charge < -0.3 is 5.73 Å². The summed E-state index contributed by atoms with van der Waals surface area (Å²) in [6.07, 6.45) is 1.36. The van der Waals surface area contributed by atoms with Gasteiger partial charge in [0.1, 0.15) is 5.00 Å². The van der Waals surface area contributed by atoms with Gasteiger partial charge in [0.2, 0.25) is 0 Å². The fourth-order valence-corrected chi connectivity index (χ4v) is 3.11. The van der Waals surface area contributed by atoms with Crippen LogP contribution in [0, 0.1) is 0 Å². The van der Waals surface area contributed by atoms with Crippen LogP contribution in [0.15, 0.2) is 35.4 Å². The van der Waals surface area contributed by atoms with Crippen LogP contribution in [0.25, 0.3) is 0 Å². The molecule has 18 heavy (non-hydrogen) atoms. The van der Waals surface area contributed by atoms with E-state index in [4.69, 9.17) is 5.73 Å². The Balaban J connectivity index is 2.32. The molecule has 0 aliphatic rings. The van der Waals surface area contributed by atoms with E-state index in [0.717, 1.165) is 17.1 Å². The van der Waals surface area contributed by atoms with Gasteiger partial charge in [-0.25, -0.2) is 8.42 Å². The molecule has 0 saturated carbocycles. The first-order valence-corrected chi connectivity index (χ1v) is 7.40. The molecular weight excluding hydrogens is 272 g/mol. The lowest BCUT2D eigenvalue weighted by atomic mass is 10.1. The summed E-state index contributed by atoms with van der Waals surface area (Å²) < 4.78 is 30.1. The second-order valence-corrected chi connectivity index (χ2v) is 6.22. The van der Waals surface area contributed by atoms with E-state index in [0.29, 0.717) is 5.00 Å². The number of nitrogens with two attached hydrogens (primary N) is 1. The molecule has 0 aliphatic heterocycles. The van der Waals surface area contributed by atoms with E-state index in [2.05, 4.69) is 14.3 Å². The van der Waals surface area contributed by atoms with Gasteiger partial charge in [-0.2, -0.15) is 0 Å². The summed E-state index contributed by atoms with van der Waals surface area (Å²) in [7, 11) is -3.61. The van der Waals surface area contributed by atoms with Gasteiger partial charge in [-0.3, -0.25) is 4.72 Å². The number of hydrogen-bond acceptors (Lipinski definition) is 6. The molecule has 1 aromatic heterocycles. The number of benzene rings is 1. The van der Waals surface area contributed by atoms with Crippen LogP contribution in [0.3, 0.4) is 0 Å². The largest absolute Gasteiger partial charge is 0.324 e. The van der Waals surface area contributed by atoms with Crippen LogP contribution >= 0.6 is 11.5 Å². The van der Waals surface area contributed by atoms with E-state index in [1.807, 2.05) is 0 Å². The van der Waals surface area contributed by atoms with Crippen molar-refractivity contribution in [2.24, 2.45) is 5.73 Å². The zero-order valence-electron chi connectivity index (χ0n) is 9.57. The van der Waals surface area contributed by atoms with Crippen molar-refractivity contribution in [1.82, 2.24) is 9.59 Å². The zero-order valence-corrected chi connectivity index (χ0v) is 11.2. The summed E-state index contributed by atoms with van der Waals surface area (Å²) in [5.41, 5.74) is 6.49. The molecule has 1 aromatic carbocycles. The highest BCUT2D eigenvalue weighted by Crippen LogP contribution is 2.20. The molecule has 1 atom stereocenters. The van der Waals surface area contributed by atoms with E-state index in [1.54, 1.807) is 25.1 Å². The lowest BCUT2D eigenvalue weighted by Crippen LogP contribution is -2.13. The van der Waals surface area contributed by atoms with Crippen LogP contribution in [0.1, 0.15) is 18.5 Å². The summed E-state index contributed by atoms with van der Waals surface area (Å²) in [6.45, 7) is 1.80. The predicted octanol–water partition coefficient (Wildman–Crippen LogP) is 1.36. The Kier molecular flexibility index (Phi) is 3.60. The summed E-state index contributed by atoms with van der Waals surface area (Å²) in [5.74, 6) is 0. The van der Waals surface area contributed by atoms with E-state index >= 15 is 0 Å². The molecule has 2 aromatic rings. The quantitative estimate of drug-likeness (QED) is 0.883. The number of anilines is 1. The number of sulfonamides is 1. The number of nitrogens with zero attached hydrogens (tertiary/aromatic N) is 2. The normalized spacial score (nSPS) is 13.2. The first-order valence-electron chi connectivity index (χ1n) is 5.15. The first-order chi connectivity index (χ1) is 8.49. The Labute approximate surface area is 109 Å². The van der Waals surface area contributed by atoms with Crippen molar-refractivity contribution in [2.45, 2.75) is 17.9 Å². The van der Waals surface area contributed by atoms with Crippen molar-refractivity contribution in [3.8, 4) is 0 Å². The molecule has 8 heteroatoms. The van der Waals surface area contributed by atoms with Crippen LogP contribution in [0.2, 0.25) is 0 Å². The highest BCUT2D eigenvalue weighted by atomic mass is 32.2. The Morgan fingerprint density at radius 2 is 2.22 bits per heavy atom. The van der Waals surface area contributed by atoms with Crippen molar-refractivity contribution >= 4 is 26.6 Å². The standard InChI is InChI=1S/C10H12N4O2S2/c1-7(11)8-3-2-4-9(5-8)18(15,16)13-10-6-12-14-17-10/h2-7,13H,11H2,1H3. The average molecular weight is 284 g/mol. The maximum atomic E-state index is 12.1. The molecule has 3 N–H and O–H groups in total. The van der Waals surface area contributed by atoms with Gasteiger partial charge in [0.15, 0.2) is 0 Å². The summed E-state index contributed by atoms with van der Waals surface area (Å²) in [6, 6.07) is 6.31. The van der Waals surface area contributed by atoms with Crippen LogP contribution in [-0.2, 0) is 10.0 Å². The summed E-state index contributed by atoms with van der Waals surface area (Å²) >= 11 is 0.979. The average Bonchev–Trinajstić information content (AvgIpc) is 2.81. The number of rotatable bonds is 4. The highest BCUT2D eigenvalue weighted by molar-refractivity contribution is 7.93. The number of aromatic nitrogens is 2. The molecule has 1 unspecified atom stereocenters. The van der Waals surface area contributed by atoms with Crippen LogP contribution < -0.4 is 10.5 Å². The van der Waals surface area contributed by atoms with Gasteiger partial charge in [0.25, 0.3) is 10.0 Å². The van der Waals surface area contributed by atoms with Gasteiger partial charge in [0.05, 0.1) is 11.1 Å².